The molecule has 132 valence electrons. The van der Waals surface area contributed by atoms with Gasteiger partial charge in [0.15, 0.2) is 0 Å². The number of benzene rings is 2. The molecule has 0 aliphatic heterocycles. The van der Waals surface area contributed by atoms with Gasteiger partial charge >= 0.3 is 0 Å². The summed E-state index contributed by atoms with van der Waals surface area (Å²) in [5, 5.41) is 4.19. The highest BCUT2D eigenvalue weighted by Crippen LogP contribution is 2.12. The number of rotatable bonds is 6. The average molecular weight is 348 g/mol. The lowest BCUT2D eigenvalue weighted by molar-refractivity contribution is 0.0955. The van der Waals surface area contributed by atoms with Gasteiger partial charge in [0.2, 0.25) is 0 Å². The van der Waals surface area contributed by atoms with Crippen LogP contribution in [0.4, 0.5) is 0 Å². The monoisotopic (exact) mass is 348 g/mol. The first-order valence-corrected chi connectivity index (χ1v) is 8.33. The predicted molar refractivity (Wildman–Crippen MR) is 101 cm³/mol. The van der Waals surface area contributed by atoms with E-state index in [2.05, 4.69) is 15.5 Å². The molecular formula is C20H20N4O2. The van der Waals surface area contributed by atoms with Gasteiger partial charge in [0, 0.05) is 23.6 Å². The fourth-order valence-electron chi connectivity index (χ4n) is 2.42. The number of amides is 1. The Kier molecular flexibility index (Phi) is 5.43. The SMILES string of the molecule is CCOc1ccc(C(=O)N/N=C(\C)c2ccc(-n3ccnc3)cc2)cc1. The van der Waals surface area contributed by atoms with E-state index >= 15 is 0 Å². The van der Waals surface area contributed by atoms with Crippen molar-refractivity contribution in [3.8, 4) is 11.4 Å². The van der Waals surface area contributed by atoms with Crippen LogP contribution >= 0.6 is 0 Å². The summed E-state index contributed by atoms with van der Waals surface area (Å²) in [5.41, 5.74) is 5.78. The molecule has 1 heterocycles. The molecule has 1 N–H and O–H groups in total. The highest BCUT2D eigenvalue weighted by molar-refractivity contribution is 6.01. The summed E-state index contributed by atoms with van der Waals surface area (Å²) < 4.78 is 7.29. The molecule has 0 unspecified atom stereocenters. The minimum atomic E-state index is -0.262. The van der Waals surface area contributed by atoms with E-state index in [1.165, 1.54) is 0 Å². The van der Waals surface area contributed by atoms with Crippen molar-refractivity contribution in [3.63, 3.8) is 0 Å². The molecule has 2 aromatic carbocycles. The summed E-state index contributed by atoms with van der Waals surface area (Å²) in [7, 11) is 0. The van der Waals surface area contributed by atoms with Crippen molar-refractivity contribution in [2.75, 3.05) is 6.61 Å². The maximum Gasteiger partial charge on any atom is 0.271 e. The topological polar surface area (TPSA) is 68.5 Å². The van der Waals surface area contributed by atoms with Crippen LogP contribution in [0.25, 0.3) is 5.69 Å². The lowest BCUT2D eigenvalue weighted by Gasteiger charge is -2.06. The van der Waals surface area contributed by atoms with E-state index in [0.717, 1.165) is 22.7 Å². The Labute approximate surface area is 152 Å². The zero-order valence-corrected chi connectivity index (χ0v) is 14.7. The maximum atomic E-state index is 12.2. The van der Waals surface area contributed by atoms with E-state index in [1.54, 1.807) is 36.8 Å². The van der Waals surface area contributed by atoms with Crippen molar-refractivity contribution in [2.24, 2.45) is 5.10 Å². The highest BCUT2D eigenvalue weighted by atomic mass is 16.5. The van der Waals surface area contributed by atoms with Gasteiger partial charge in [0.25, 0.3) is 5.91 Å². The highest BCUT2D eigenvalue weighted by Gasteiger charge is 2.06. The second kappa shape index (κ2) is 8.11. The van der Waals surface area contributed by atoms with Crippen molar-refractivity contribution < 1.29 is 9.53 Å². The summed E-state index contributed by atoms with van der Waals surface area (Å²) in [6.07, 6.45) is 5.36. The Morgan fingerprint density at radius 2 is 1.81 bits per heavy atom. The number of nitrogens with one attached hydrogen (secondary N) is 1. The van der Waals surface area contributed by atoms with Gasteiger partial charge in [-0.15, -0.1) is 0 Å². The number of nitrogens with zero attached hydrogens (tertiary/aromatic N) is 3. The number of aromatic nitrogens is 2. The van der Waals surface area contributed by atoms with Crippen molar-refractivity contribution in [1.82, 2.24) is 15.0 Å². The summed E-state index contributed by atoms with van der Waals surface area (Å²) >= 11 is 0. The fourth-order valence-corrected chi connectivity index (χ4v) is 2.42. The molecule has 3 aromatic rings. The van der Waals surface area contributed by atoms with E-state index in [-0.39, 0.29) is 5.91 Å². The molecule has 0 atom stereocenters. The molecule has 26 heavy (non-hydrogen) atoms. The van der Waals surface area contributed by atoms with Gasteiger partial charge in [0.1, 0.15) is 5.75 Å². The summed E-state index contributed by atoms with van der Waals surface area (Å²) in [6.45, 7) is 4.36. The Bertz CT molecular complexity index is 883. The second-order valence-electron chi connectivity index (χ2n) is 5.61. The summed E-state index contributed by atoms with van der Waals surface area (Å²) in [5.74, 6) is 0.476. The van der Waals surface area contributed by atoms with E-state index in [4.69, 9.17) is 4.74 Å². The molecule has 0 radical (unpaired) electrons. The molecule has 3 rings (SSSR count). The van der Waals surface area contributed by atoms with Crippen LogP contribution in [-0.2, 0) is 0 Å². The average Bonchev–Trinajstić information content (AvgIpc) is 3.21. The third-order valence-electron chi connectivity index (χ3n) is 3.84. The van der Waals surface area contributed by atoms with E-state index in [9.17, 15) is 4.79 Å². The molecule has 6 nitrogen and oxygen atoms in total. The van der Waals surface area contributed by atoms with Crippen LogP contribution in [0.2, 0.25) is 0 Å². The minimum Gasteiger partial charge on any atom is -0.494 e. The smallest absolute Gasteiger partial charge is 0.271 e. The molecule has 6 heteroatoms. The first kappa shape index (κ1) is 17.4. The normalized spacial score (nSPS) is 11.2. The van der Waals surface area contributed by atoms with Gasteiger partial charge in [-0.05, 0) is 55.8 Å². The number of hydrazone groups is 1. The molecule has 0 fully saturated rings. The number of carbonyl (C=O) groups excluding carboxylic acids is 1. The minimum absolute atomic E-state index is 0.262. The van der Waals surface area contributed by atoms with Gasteiger partial charge in [-0.2, -0.15) is 5.10 Å². The number of imidazole rings is 1. The molecule has 0 aliphatic carbocycles. The quantitative estimate of drug-likeness (QED) is 0.548. The molecule has 1 aromatic heterocycles. The third kappa shape index (κ3) is 4.16. The zero-order valence-electron chi connectivity index (χ0n) is 14.7. The van der Waals surface area contributed by atoms with Gasteiger partial charge < -0.3 is 9.30 Å². The van der Waals surface area contributed by atoms with Crippen LogP contribution in [-0.4, -0.2) is 27.8 Å². The molecule has 0 bridgehead atoms. The van der Waals surface area contributed by atoms with Gasteiger partial charge in [-0.25, -0.2) is 10.4 Å². The lowest BCUT2D eigenvalue weighted by Crippen LogP contribution is -2.19. The van der Waals surface area contributed by atoms with Crippen molar-refractivity contribution in [1.29, 1.82) is 0 Å². The number of hydrogen-bond acceptors (Lipinski definition) is 4. The van der Waals surface area contributed by atoms with Crippen LogP contribution in [0.1, 0.15) is 29.8 Å². The Balaban J connectivity index is 1.64. The number of ether oxygens (including phenoxy) is 1. The summed E-state index contributed by atoms with van der Waals surface area (Å²) in [4.78, 5) is 16.2. The second-order valence-corrected chi connectivity index (χ2v) is 5.61. The predicted octanol–water partition coefficient (Wildman–Crippen LogP) is 3.43. The first-order chi connectivity index (χ1) is 12.7. The van der Waals surface area contributed by atoms with Crippen LogP contribution < -0.4 is 10.2 Å². The third-order valence-corrected chi connectivity index (χ3v) is 3.84. The summed E-state index contributed by atoms with van der Waals surface area (Å²) in [6, 6.07) is 14.8. The molecule has 0 aliphatic rings. The number of carbonyl (C=O) groups is 1. The molecule has 0 saturated heterocycles. The van der Waals surface area contributed by atoms with Gasteiger partial charge in [0.05, 0.1) is 18.6 Å². The zero-order chi connectivity index (χ0) is 18.4. The van der Waals surface area contributed by atoms with Crippen LogP contribution in [0, 0.1) is 0 Å². The molecule has 1 amide bonds. The van der Waals surface area contributed by atoms with E-state index in [0.29, 0.717) is 12.2 Å². The Morgan fingerprint density at radius 3 is 2.42 bits per heavy atom. The van der Waals surface area contributed by atoms with Crippen molar-refractivity contribution in [3.05, 3.63) is 78.4 Å². The van der Waals surface area contributed by atoms with Crippen LogP contribution in [0.5, 0.6) is 5.75 Å². The molecule has 0 saturated carbocycles. The van der Waals surface area contributed by atoms with E-state index < -0.39 is 0 Å². The van der Waals surface area contributed by atoms with Crippen LogP contribution in [0.3, 0.4) is 0 Å². The lowest BCUT2D eigenvalue weighted by atomic mass is 10.1. The van der Waals surface area contributed by atoms with E-state index in [1.807, 2.05) is 48.9 Å². The number of hydrogen-bond donors (Lipinski definition) is 1. The maximum absolute atomic E-state index is 12.2. The molecule has 0 spiro atoms. The Morgan fingerprint density at radius 1 is 1.12 bits per heavy atom. The Hall–Kier alpha value is -3.41. The first-order valence-electron chi connectivity index (χ1n) is 8.33. The standard InChI is InChI=1S/C20H20N4O2/c1-3-26-19-10-6-17(7-11-19)20(25)23-22-15(2)16-4-8-18(9-5-16)24-13-12-21-14-24/h4-14H,3H2,1-2H3,(H,23,25)/b22-15+. The van der Waals surface area contributed by atoms with Gasteiger partial charge in [-0.3, -0.25) is 4.79 Å². The molecular weight excluding hydrogens is 328 g/mol. The van der Waals surface area contributed by atoms with Crippen molar-refractivity contribution >= 4 is 11.6 Å². The van der Waals surface area contributed by atoms with Gasteiger partial charge in [-0.1, -0.05) is 12.1 Å². The van der Waals surface area contributed by atoms with Crippen molar-refractivity contribution in [2.45, 2.75) is 13.8 Å². The van der Waals surface area contributed by atoms with Crippen LogP contribution in [0.15, 0.2) is 72.4 Å². The fraction of sp³-hybridized carbons (Fsp3) is 0.150. The largest absolute Gasteiger partial charge is 0.494 e.